The van der Waals surface area contributed by atoms with Crippen molar-refractivity contribution >= 4 is 12.0 Å². The number of ether oxygens (including phenoxy) is 1. The SMILES string of the molecule is CCOCC(C)NC(=O)NC1(CC(=O)O)CCC1. The van der Waals surface area contributed by atoms with Crippen LogP contribution in [0.2, 0.25) is 0 Å². The normalized spacial score (nSPS) is 18.6. The Morgan fingerprint density at radius 1 is 1.44 bits per heavy atom. The first-order chi connectivity index (χ1) is 8.47. The second kappa shape index (κ2) is 6.58. The van der Waals surface area contributed by atoms with Crippen molar-refractivity contribution in [3.63, 3.8) is 0 Å². The Morgan fingerprint density at radius 2 is 2.11 bits per heavy atom. The fourth-order valence-corrected chi connectivity index (χ4v) is 2.08. The number of nitrogens with one attached hydrogen (secondary N) is 2. The molecule has 1 aliphatic rings. The van der Waals surface area contributed by atoms with Crippen LogP contribution in [0.1, 0.15) is 39.5 Å². The zero-order valence-corrected chi connectivity index (χ0v) is 11.0. The van der Waals surface area contributed by atoms with E-state index in [9.17, 15) is 9.59 Å². The predicted molar refractivity (Wildman–Crippen MR) is 66.5 cm³/mol. The first kappa shape index (κ1) is 14.8. The molecule has 18 heavy (non-hydrogen) atoms. The van der Waals surface area contributed by atoms with Crippen LogP contribution in [0.3, 0.4) is 0 Å². The van der Waals surface area contributed by atoms with Gasteiger partial charge >= 0.3 is 12.0 Å². The summed E-state index contributed by atoms with van der Waals surface area (Å²) in [4.78, 5) is 22.5. The van der Waals surface area contributed by atoms with Crippen molar-refractivity contribution in [3.05, 3.63) is 0 Å². The maximum Gasteiger partial charge on any atom is 0.315 e. The Labute approximate surface area is 107 Å². The van der Waals surface area contributed by atoms with Gasteiger partial charge in [0.05, 0.1) is 24.6 Å². The molecule has 1 saturated carbocycles. The predicted octanol–water partition coefficient (Wildman–Crippen LogP) is 1.11. The highest BCUT2D eigenvalue weighted by Gasteiger charge is 2.40. The number of carbonyl (C=O) groups is 2. The number of aliphatic carboxylic acids is 1. The van der Waals surface area contributed by atoms with Gasteiger partial charge in [-0.2, -0.15) is 0 Å². The Kier molecular flexibility index (Phi) is 5.40. The third kappa shape index (κ3) is 4.52. The number of urea groups is 1. The van der Waals surface area contributed by atoms with E-state index < -0.39 is 11.5 Å². The van der Waals surface area contributed by atoms with E-state index in [0.717, 1.165) is 19.3 Å². The highest BCUT2D eigenvalue weighted by atomic mass is 16.5. The maximum absolute atomic E-state index is 11.7. The molecule has 6 heteroatoms. The third-order valence-corrected chi connectivity index (χ3v) is 3.13. The molecule has 1 unspecified atom stereocenters. The van der Waals surface area contributed by atoms with Crippen LogP contribution in [0.25, 0.3) is 0 Å². The van der Waals surface area contributed by atoms with Gasteiger partial charge in [-0.3, -0.25) is 4.79 Å². The van der Waals surface area contributed by atoms with Gasteiger partial charge in [0, 0.05) is 6.61 Å². The minimum Gasteiger partial charge on any atom is -0.481 e. The van der Waals surface area contributed by atoms with Crippen molar-refractivity contribution in [2.75, 3.05) is 13.2 Å². The van der Waals surface area contributed by atoms with Crippen molar-refractivity contribution in [1.82, 2.24) is 10.6 Å². The molecule has 0 bridgehead atoms. The summed E-state index contributed by atoms with van der Waals surface area (Å²) in [7, 11) is 0. The second-order valence-electron chi connectivity index (χ2n) is 4.86. The molecule has 0 radical (unpaired) electrons. The summed E-state index contributed by atoms with van der Waals surface area (Å²) in [5.41, 5.74) is -0.554. The van der Waals surface area contributed by atoms with Gasteiger partial charge in [-0.25, -0.2) is 4.79 Å². The van der Waals surface area contributed by atoms with Crippen LogP contribution in [-0.4, -0.2) is 41.9 Å². The number of hydrogen-bond acceptors (Lipinski definition) is 3. The molecule has 104 valence electrons. The van der Waals surface area contributed by atoms with Crippen molar-refractivity contribution < 1.29 is 19.4 Å². The lowest BCUT2D eigenvalue weighted by atomic mass is 9.74. The number of amides is 2. The van der Waals surface area contributed by atoms with E-state index in [1.165, 1.54) is 0 Å². The molecule has 2 amide bonds. The Hall–Kier alpha value is -1.30. The van der Waals surface area contributed by atoms with Gasteiger partial charge in [0.15, 0.2) is 0 Å². The standard InChI is InChI=1S/C12H22N2O4/c1-3-18-8-9(2)13-11(17)14-12(5-4-6-12)7-10(15)16/h9H,3-8H2,1-2H3,(H,15,16)(H2,13,14,17). The van der Waals surface area contributed by atoms with Crippen molar-refractivity contribution in [2.45, 2.75) is 51.1 Å². The molecule has 1 atom stereocenters. The molecule has 0 spiro atoms. The first-order valence-corrected chi connectivity index (χ1v) is 6.35. The fraction of sp³-hybridized carbons (Fsp3) is 0.833. The molecule has 1 fully saturated rings. The molecule has 0 heterocycles. The van der Waals surface area contributed by atoms with Crippen LogP contribution in [0.4, 0.5) is 4.79 Å². The van der Waals surface area contributed by atoms with Gasteiger partial charge in [0.25, 0.3) is 0 Å². The maximum atomic E-state index is 11.7. The summed E-state index contributed by atoms with van der Waals surface area (Å²) in [5.74, 6) is -0.877. The number of carboxylic acids is 1. The molecule has 0 aromatic heterocycles. The average molecular weight is 258 g/mol. The highest BCUT2D eigenvalue weighted by molar-refractivity contribution is 5.77. The van der Waals surface area contributed by atoms with Crippen LogP contribution in [-0.2, 0) is 9.53 Å². The average Bonchev–Trinajstić information content (AvgIpc) is 2.22. The molecular formula is C12H22N2O4. The smallest absolute Gasteiger partial charge is 0.315 e. The second-order valence-corrected chi connectivity index (χ2v) is 4.86. The largest absolute Gasteiger partial charge is 0.481 e. The lowest BCUT2D eigenvalue weighted by Crippen LogP contribution is -2.58. The molecule has 0 aromatic rings. The monoisotopic (exact) mass is 258 g/mol. The third-order valence-electron chi connectivity index (χ3n) is 3.13. The zero-order valence-electron chi connectivity index (χ0n) is 11.0. The molecule has 1 aliphatic carbocycles. The van der Waals surface area contributed by atoms with E-state index in [1.807, 2.05) is 13.8 Å². The van der Waals surface area contributed by atoms with Crippen molar-refractivity contribution in [2.24, 2.45) is 0 Å². The van der Waals surface area contributed by atoms with E-state index in [2.05, 4.69) is 10.6 Å². The minimum atomic E-state index is -0.877. The number of carbonyl (C=O) groups excluding carboxylic acids is 1. The van der Waals surface area contributed by atoms with Crippen LogP contribution >= 0.6 is 0 Å². The number of rotatable bonds is 7. The highest BCUT2D eigenvalue weighted by Crippen LogP contribution is 2.34. The first-order valence-electron chi connectivity index (χ1n) is 6.35. The molecule has 1 rings (SSSR count). The summed E-state index contributed by atoms with van der Waals surface area (Å²) >= 11 is 0. The fourth-order valence-electron chi connectivity index (χ4n) is 2.08. The van der Waals surface area contributed by atoms with Gasteiger partial charge in [0.1, 0.15) is 0 Å². The summed E-state index contributed by atoms with van der Waals surface area (Å²) in [6.07, 6.45) is 2.40. The van der Waals surface area contributed by atoms with E-state index in [0.29, 0.717) is 13.2 Å². The minimum absolute atomic E-state index is 0.0136. The van der Waals surface area contributed by atoms with Gasteiger partial charge in [-0.1, -0.05) is 0 Å². The Balaban J connectivity index is 2.36. The van der Waals surface area contributed by atoms with E-state index in [4.69, 9.17) is 9.84 Å². The molecular weight excluding hydrogens is 236 g/mol. The van der Waals surface area contributed by atoms with E-state index in [1.54, 1.807) is 0 Å². The summed E-state index contributed by atoms with van der Waals surface area (Å²) in [6, 6.07) is -0.407. The molecule has 0 aliphatic heterocycles. The Bertz CT molecular complexity index is 302. The molecule has 3 N–H and O–H groups in total. The van der Waals surface area contributed by atoms with Gasteiger partial charge in [0.2, 0.25) is 0 Å². The van der Waals surface area contributed by atoms with Crippen LogP contribution in [0, 0.1) is 0 Å². The van der Waals surface area contributed by atoms with Crippen molar-refractivity contribution in [3.8, 4) is 0 Å². The lowest BCUT2D eigenvalue weighted by Gasteiger charge is -2.41. The molecule has 0 saturated heterocycles. The molecule has 0 aromatic carbocycles. The quantitative estimate of drug-likeness (QED) is 0.638. The summed E-state index contributed by atoms with van der Waals surface area (Å²) < 4.78 is 5.19. The topological polar surface area (TPSA) is 87.7 Å². The van der Waals surface area contributed by atoms with E-state index in [-0.39, 0.29) is 18.5 Å². The van der Waals surface area contributed by atoms with Crippen LogP contribution in [0.5, 0.6) is 0 Å². The lowest BCUT2D eigenvalue weighted by molar-refractivity contribution is -0.139. The van der Waals surface area contributed by atoms with E-state index >= 15 is 0 Å². The van der Waals surface area contributed by atoms with Crippen molar-refractivity contribution in [1.29, 1.82) is 0 Å². The zero-order chi connectivity index (χ0) is 13.6. The van der Waals surface area contributed by atoms with Gasteiger partial charge < -0.3 is 20.5 Å². The van der Waals surface area contributed by atoms with Gasteiger partial charge in [-0.05, 0) is 33.1 Å². The number of hydrogen-bond donors (Lipinski definition) is 3. The number of carboxylic acid groups (broad SMARTS) is 1. The summed E-state index contributed by atoms with van der Waals surface area (Å²) in [6.45, 7) is 4.80. The van der Waals surface area contributed by atoms with Crippen LogP contribution < -0.4 is 10.6 Å². The van der Waals surface area contributed by atoms with Crippen LogP contribution in [0.15, 0.2) is 0 Å². The van der Waals surface area contributed by atoms with Gasteiger partial charge in [-0.15, -0.1) is 0 Å². The Morgan fingerprint density at radius 3 is 2.56 bits per heavy atom. The molecule has 6 nitrogen and oxygen atoms in total. The summed E-state index contributed by atoms with van der Waals surface area (Å²) in [5, 5.41) is 14.4.